The molecule has 168 valence electrons. The normalized spacial score (nSPS) is 11.2. The van der Waals surface area contributed by atoms with Gasteiger partial charge in [-0.05, 0) is 38.1 Å². The summed E-state index contributed by atoms with van der Waals surface area (Å²) in [6.45, 7) is 8.78. The molecule has 9 heteroatoms. The summed E-state index contributed by atoms with van der Waals surface area (Å²) in [4.78, 5) is 12.9. The van der Waals surface area contributed by atoms with Crippen molar-refractivity contribution in [1.29, 1.82) is 0 Å². The van der Waals surface area contributed by atoms with E-state index in [9.17, 15) is 4.39 Å². The molecular formula is C23H24ClFN4O3. The fraction of sp³-hybridized carbons (Fsp3) is 0.261. The van der Waals surface area contributed by atoms with Crippen molar-refractivity contribution in [2.45, 2.75) is 27.7 Å². The molecule has 0 bridgehead atoms. The van der Waals surface area contributed by atoms with Gasteiger partial charge in [0.15, 0.2) is 23.0 Å². The quantitative estimate of drug-likeness (QED) is 0.346. The lowest BCUT2D eigenvalue weighted by atomic mass is 10.2. The molecule has 4 rings (SSSR count). The Hall–Kier alpha value is -3.39. The summed E-state index contributed by atoms with van der Waals surface area (Å²) < 4.78 is 30.8. The van der Waals surface area contributed by atoms with Crippen LogP contribution in [0, 0.1) is 5.82 Å². The predicted octanol–water partition coefficient (Wildman–Crippen LogP) is 6.69. The first-order chi connectivity index (χ1) is 15.6. The smallest absolute Gasteiger partial charge is 0.250 e. The number of rotatable bonds is 6. The van der Waals surface area contributed by atoms with Crippen LogP contribution in [0.5, 0.6) is 23.1 Å². The van der Waals surface area contributed by atoms with Crippen LogP contribution >= 0.6 is 11.6 Å². The molecule has 1 aliphatic rings. The van der Waals surface area contributed by atoms with Crippen LogP contribution < -0.4 is 19.5 Å². The number of aromatic nitrogens is 2. The van der Waals surface area contributed by atoms with Crippen molar-refractivity contribution in [2.24, 2.45) is 4.99 Å². The minimum Gasteiger partial charge on any atom is -0.490 e. The summed E-state index contributed by atoms with van der Waals surface area (Å²) >= 11 is 5.87. The zero-order chi connectivity index (χ0) is 23.1. The number of benzene rings is 2. The van der Waals surface area contributed by atoms with Gasteiger partial charge in [-0.25, -0.2) is 14.4 Å². The highest BCUT2D eigenvalue weighted by molar-refractivity contribution is 6.31. The first kappa shape index (κ1) is 23.3. The first-order valence-electron chi connectivity index (χ1n) is 10.3. The third kappa shape index (κ3) is 5.08. The third-order valence-corrected chi connectivity index (χ3v) is 4.48. The topological polar surface area (TPSA) is 77.9 Å². The molecule has 0 saturated carbocycles. The van der Waals surface area contributed by atoms with Crippen LogP contribution in [0.25, 0.3) is 0 Å². The van der Waals surface area contributed by atoms with Gasteiger partial charge in [-0.3, -0.25) is 0 Å². The molecule has 2 heterocycles. The fourth-order valence-corrected chi connectivity index (χ4v) is 3.06. The second kappa shape index (κ2) is 10.8. The molecule has 0 saturated heterocycles. The Morgan fingerprint density at radius 2 is 1.75 bits per heavy atom. The van der Waals surface area contributed by atoms with E-state index in [1.807, 2.05) is 27.7 Å². The van der Waals surface area contributed by atoms with Crippen LogP contribution in [0.1, 0.15) is 33.3 Å². The highest BCUT2D eigenvalue weighted by atomic mass is 35.5. The maximum atomic E-state index is 13.4. The molecule has 0 atom stereocenters. The van der Waals surface area contributed by atoms with Gasteiger partial charge in [-0.1, -0.05) is 25.4 Å². The highest BCUT2D eigenvalue weighted by Crippen LogP contribution is 2.42. The first-order valence-corrected chi connectivity index (χ1v) is 10.7. The number of anilines is 2. The number of halogens is 2. The van der Waals surface area contributed by atoms with Crippen LogP contribution in [0.3, 0.4) is 0 Å². The van der Waals surface area contributed by atoms with Crippen LogP contribution in [-0.2, 0) is 0 Å². The minimum absolute atomic E-state index is 0.000732. The molecule has 0 unspecified atom stereocenters. The van der Waals surface area contributed by atoms with Crippen molar-refractivity contribution >= 4 is 35.0 Å². The van der Waals surface area contributed by atoms with Gasteiger partial charge < -0.3 is 19.5 Å². The van der Waals surface area contributed by atoms with Crippen LogP contribution in [-0.4, -0.2) is 29.4 Å². The summed E-state index contributed by atoms with van der Waals surface area (Å²) in [6.07, 6.45) is 3.00. The maximum absolute atomic E-state index is 13.4. The summed E-state index contributed by atoms with van der Waals surface area (Å²) in [5.74, 6) is 1.85. The summed E-state index contributed by atoms with van der Waals surface area (Å²) in [5, 5.41) is 3.07. The van der Waals surface area contributed by atoms with Crippen molar-refractivity contribution in [3.8, 4) is 23.1 Å². The average Bonchev–Trinajstić information content (AvgIpc) is 2.98. The molecule has 0 amide bonds. The van der Waals surface area contributed by atoms with E-state index in [1.54, 1.807) is 24.4 Å². The Morgan fingerprint density at radius 3 is 2.44 bits per heavy atom. The van der Waals surface area contributed by atoms with E-state index >= 15 is 0 Å². The lowest BCUT2D eigenvalue weighted by Gasteiger charge is -2.14. The zero-order valence-corrected chi connectivity index (χ0v) is 19.0. The van der Waals surface area contributed by atoms with Crippen molar-refractivity contribution in [2.75, 3.05) is 18.5 Å². The second-order valence-electron chi connectivity index (χ2n) is 6.19. The van der Waals surface area contributed by atoms with E-state index in [2.05, 4.69) is 20.3 Å². The minimum atomic E-state index is -0.504. The average molecular weight is 459 g/mol. The molecule has 0 radical (unpaired) electrons. The van der Waals surface area contributed by atoms with Crippen LogP contribution in [0.15, 0.2) is 41.7 Å². The molecule has 1 N–H and O–H groups in total. The van der Waals surface area contributed by atoms with E-state index in [-0.39, 0.29) is 10.9 Å². The van der Waals surface area contributed by atoms with Crippen molar-refractivity contribution in [3.63, 3.8) is 0 Å². The van der Waals surface area contributed by atoms with Gasteiger partial charge in [0, 0.05) is 23.5 Å². The number of fused-ring (bicyclic) bond motifs is 2. The summed E-state index contributed by atoms with van der Waals surface area (Å²) in [7, 11) is 0. The van der Waals surface area contributed by atoms with Gasteiger partial charge in [0.1, 0.15) is 17.9 Å². The van der Waals surface area contributed by atoms with E-state index < -0.39 is 5.82 Å². The van der Waals surface area contributed by atoms with Gasteiger partial charge in [0.25, 0.3) is 5.88 Å². The molecule has 1 aliphatic heterocycles. The van der Waals surface area contributed by atoms with E-state index in [4.69, 9.17) is 25.8 Å². The Morgan fingerprint density at radius 1 is 1.03 bits per heavy atom. The van der Waals surface area contributed by atoms with Crippen molar-refractivity contribution in [3.05, 3.63) is 53.1 Å². The molecule has 3 aromatic rings. The molecule has 0 spiro atoms. The Bertz CT molecular complexity index is 1120. The molecule has 2 aromatic carbocycles. The van der Waals surface area contributed by atoms with Crippen LogP contribution in [0.4, 0.5) is 21.6 Å². The maximum Gasteiger partial charge on any atom is 0.250 e. The predicted molar refractivity (Wildman–Crippen MR) is 124 cm³/mol. The van der Waals surface area contributed by atoms with E-state index in [0.717, 1.165) is 0 Å². The van der Waals surface area contributed by atoms with Crippen molar-refractivity contribution in [1.82, 2.24) is 9.97 Å². The summed E-state index contributed by atoms with van der Waals surface area (Å²) in [5.41, 5.74) is 1.65. The molecular weight excluding hydrogens is 435 g/mol. The van der Waals surface area contributed by atoms with E-state index in [1.165, 1.54) is 18.5 Å². The Kier molecular flexibility index (Phi) is 7.83. The Labute approximate surface area is 191 Å². The fourth-order valence-electron chi connectivity index (χ4n) is 2.88. The molecule has 32 heavy (non-hydrogen) atoms. The largest absolute Gasteiger partial charge is 0.490 e. The van der Waals surface area contributed by atoms with E-state index in [0.29, 0.717) is 53.2 Å². The zero-order valence-electron chi connectivity index (χ0n) is 18.3. The summed E-state index contributed by atoms with van der Waals surface area (Å²) in [6, 6.07) is 7.84. The van der Waals surface area contributed by atoms with Crippen molar-refractivity contribution < 1.29 is 18.6 Å². The van der Waals surface area contributed by atoms with Crippen LogP contribution in [0.2, 0.25) is 5.02 Å². The lowest BCUT2D eigenvalue weighted by molar-refractivity contribution is 0.286. The number of aliphatic imine (C=N–C) groups is 1. The Balaban J connectivity index is 0.00000141. The van der Waals surface area contributed by atoms with Gasteiger partial charge in [-0.15, -0.1) is 0 Å². The monoisotopic (exact) mass is 458 g/mol. The SMILES string of the molecule is CC.CCOc1cc2c(cc1OCC)Oc1ncnc(Nc3ccc(F)c(Cl)c3)c1N=C2. The van der Waals surface area contributed by atoms with Gasteiger partial charge in [0.05, 0.1) is 18.2 Å². The number of nitrogens with zero attached hydrogens (tertiary/aromatic N) is 3. The highest BCUT2D eigenvalue weighted by Gasteiger charge is 2.20. The molecule has 7 nitrogen and oxygen atoms in total. The van der Waals surface area contributed by atoms with Gasteiger partial charge in [-0.2, -0.15) is 4.98 Å². The number of ether oxygens (including phenoxy) is 3. The van der Waals surface area contributed by atoms with Gasteiger partial charge in [0.2, 0.25) is 0 Å². The second-order valence-corrected chi connectivity index (χ2v) is 6.60. The standard InChI is InChI=1S/C21H18ClFN4O3.C2H6/c1-3-28-17-7-12-10-24-19-20(27-13-5-6-15(23)14(22)8-13)25-11-26-21(19)30-16(12)9-18(17)29-4-2;1-2/h5-11H,3-4H2,1-2H3,(H,25,26,27);1-2H3. The van der Waals surface area contributed by atoms with Gasteiger partial charge >= 0.3 is 0 Å². The molecule has 0 aliphatic carbocycles. The lowest BCUT2D eigenvalue weighted by Crippen LogP contribution is -2.01. The molecule has 0 fully saturated rings. The molecule has 1 aromatic heterocycles. The number of hydrogen-bond donors (Lipinski definition) is 1. The third-order valence-electron chi connectivity index (χ3n) is 4.19. The number of nitrogens with one attached hydrogen (secondary N) is 1. The number of hydrogen-bond acceptors (Lipinski definition) is 7.